The highest BCUT2D eigenvalue weighted by atomic mass is 32.2. The van der Waals surface area contributed by atoms with Crippen molar-refractivity contribution in [3.63, 3.8) is 0 Å². The topological polar surface area (TPSA) is 52.5 Å². The van der Waals surface area contributed by atoms with E-state index in [4.69, 9.17) is 0 Å². The molecule has 1 unspecified atom stereocenters. The van der Waals surface area contributed by atoms with Gasteiger partial charge in [0, 0.05) is 7.05 Å². The van der Waals surface area contributed by atoms with E-state index in [1.807, 2.05) is 0 Å². The van der Waals surface area contributed by atoms with Crippen LogP contribution in [0.25, 0.3) is 0 Å². The summed E-state index contributed by atoms with van der Waals surface area (Å²) >= 11 is -2.22. The number of nitrogens with zero attached hydrogens (tertiary/aromatic N) is 1. The molecule has 8 heavy (non-hydrogen) atoms. The number of aliphatic imine (C=N–C) groups is 1. The van der Waals surface area contributed by atoms with Gasteiger partial charge in [0.05, 0.1) is 0 Å². The van der Waals surface area contributed by atoms with Gasteiger partial charge in [0.15, 0.2) is 0 Å². The number of hydrogen-bond acceptors (Lipinski definition) is 3. The van der Waals surface area contributed by atoms with Crippen molar-refractivity contribution < 1.29 is 8.76 Å². The van der Waals surface area contributed by atoms with Gasteiger partial charge in [-0.3, -0.25) is 9.20 Å². The molecule has 0 bridgehead atoms. The fraction of sp³-hybridized carbons (Fsp3) is 0.250. The molecule has 46 valence electrons. The minimum Gasteiger partial charge on any atom is -0.767 e. The third kappa shape index (κ3) is 1.99. The van der Waals surface area contributed by atoms with Gasteiger partial charge in [-0.1, -0.05) is 6.58 Å². The highest BCUT2D eigenvalue weighted by Crippen LogP contribution is 1.81. The van der Waals surface area contributed by atoms with Crippen LogP contribution in [0.4, 0.5) is 0 Å². The van der Waals surface area contributed by atoms with Crippen molar-refractivity contribution >= 4 is 16.1 Å². The van der Waals surface area contributed by atoms with Gasteiger partial charge < -0.3 is 4.55 Å². The van der Waals surface area contributed by atoms with Crippen LogP contribution in [0.1, 0.15) is 0 Å². The average molecular weight is 132 g/mol. The number of hydrogen-bond donors (Lipinski definition) is 0. The molecule has 0 saturated heterocycles. The molecule has 0 aliphatic heterocycles. The molecule has 0 heterocycles. The quantitative estimate of drug-likeness (QED) is 0.288. The Morgan fingerprint density at radius 1 is 2.00 bits per heavy atom. The fourth-order valence-electron chi connectivity index (χ4n) is 0.234. The summed E-state index contributed by atoms with van der Waals surface area (Å²) in [5.74, 6) is 0. The molecular weight excluding hydrogens is 126 g/mol. The smallest absolute Gasteiger partial charge is 0.106 e. The number of rotatable bonds is 1. The molecule has 0 N–H and O–H groups in total. The van der Waals surface area contributed by atoms with Crippen molar-refractivity contribution in [2.24, 2.45) is 4.99 Å². The van der Waals surface area contributed by atoms with E-state index in [1.54, 1.807) is 0 Å². The second-order valence-corrected chi connectivity index (χ2v) is 1.89. The second kappa shape index (κ2) is 3.51. The zero-order chi connectivity index (χ0) is 6.57. The molecule has 0 amide bonds. The Bertz CT molecular complexity index is 141. The van der Waals surface area contributed by atoms with Crippen LogP contribution in [0.2, 0.25) is 0 Å². The van der Waals surface area contributed by atoms with Gasteiger partial charge in [0.1, 0.15) is 5.04 Å². The molecule has 0 spiro atoms. The Morgan fingerprint density at radius 2 is 2.50 bits per heavy atom. The highest BCUT2D eigenvalue weighted by Gasteiger charge is 1.85. The van der Waals surface area contributed by atoms with Gasteiger partial charge in [0.2, 0.25) is 0 Å². The van der Waals surface area contributed by atoms with Crippen LogP contribution in [0.5, 0.6) is 0 Å². The Morgan fingerprint density at radius 3 is 2.50 bits per heavy atom. The van der Waals surface area contributed by atoms with E-state index in [0.29, 0.717) is 0 Å². The van der Waals surface area contributed by atoms with Crippen LogP contribution >= 0.6 is 0 Å². The maximum Gasteiger partial charge on any atom is 0.106 e. The molecule has 3 nitrogen and oxygen atoms in total. The third-order valence-electron chi connectivity index (χ3n) is 0.566. The Hall–Kier alpha value is -0.480. The van der Waals surface area contributed by atoms with Crippen molar-refractivity contribution in [1.29, 1.82) is 0 Å². The summed E-state index contributed by atoms with van der Waals surface area (Å²) in [4.78, 5) is 3.39. The molecule has 0 aliphatic carbocycles. The minimum atomic E-state index is -2.22. The summed E-state index contributed by atoms with van der Waals surface area (Å²) in [6.45, 7) is 3.23. The van der Waals surface area contributed by atoms with Gasteiger partial charge >= 0.3 is 0 Å². The highest BCUT2D eigenvalue weighted by molar-refractivity contribution is 7.96. The van der Waals surface area contributed by atoms with Crippen LogP contribution in [0.3, 0.4) is 0 Å². The van der Waals surface area contributed by atoms with Crippen molar-refractivity contribution in [1.82, 2.24) is 0 Å². The molecule has 4 heteroatoms. The lowest BCUT2D eigenvalue weighted by atomic mass is 10.7. The van der Waals surface area contributed by atoms with Crippen molar-refractivity contribution in [3.05, 3.63) is 12.7 Å². The second-order valence-electron chi connectivity index (χ2n) is 1.00. The molecular formula is C4H6NO2S-. The van der Waals surface area contributed by atoms with Gasteiger partial charge in [0.25, 0.3) is 0 Å². The minimum absolute atomic E-state index is 0.00926. The van der Waals surface area contributed by atoms with Gasteiger partial charge in [-0.25, -0.2) is 0 Å². The normalized spacial score (nSPS) is 15.5. The van der Waals surface area contributed by atoms with Crippen molar-refractivity contribution in [2.45, 2.75) is 0 Å². The third-order valence-corrected chi connectivity index (χ3v) is 1.26. The molecule has 0 saturated carbocycles. The molecule has 0 aromatic heterocycles. The molecule has 1 atom stereocenters. The fourth-order valence-corrected chi connectivity index (χ4v) is 0.519. The van der Waals surface area contributed by atoms with Crippen LogP contribution < -0.4 is 0 Å². The standard InChI is InChI=1S/C4H7NO2S/c1-3-4(5-2)8(6)7/h3H,1H2,2H3,(H,6,7)/p-1. The zero-order valence-electron chi connectivity index (χ0n) is 4.46. The predicted molar refractivity (Wildman–Crippen MR) is 32.5 cm³/mol. The lowest BCUT2D eigenvalue weighted by molar-refractivity contribution is 0.549. The first-order chi connectivity index (χ1) is 3.72. The van der Waals surface area contributed by atoms with E-state index in [1.165, 1.54) is 13.1 Å². The Kier molecular flexibility index (Phi) is 3.30. The van der Waals surface area contributed by atoms with Crippen LogP contribution in [0, 0.1) is 0 Å². The first-order valence-corrected chi connectivity index (χ1v) is 2.98. The molecule has 0 rings (SSSR count). The van der Waals surface area contributed by atoms with Gasteiger partial charge in [-0.15, -0.1) is 0 Å². The van der Waals surface area contributed by atoms with E-state index < -0.39 is 11.1 Å². The van der Waals surface area contributed by atoms with Crippen LogP contribution in [-0.4, -0.2) is 20.9 Å². The summed E-state index contributed by atoms with van der Waals surface area (Å²) in [7, 11) is 1.40. The summed E-state index contributed by atoms with van der Waals surface area (Å²) in [5.41, 5.74) is 0. The average Bonchev–Trinajstić information content (AvgIpc) is 1.69. The molecule has 0 aliphatic rings. The van der Waals surface area contributed by atoms with E-state index in [-0.39, 0.29) is 5.04 Å². The Labute approximate surface area is 50.4 Å². The molecule has 0 radical (unpaired) electrons. The lowest BCUT2D eigenvalue weighted by Gasteiger charge is -2.00. The monoisotopic (exact) mass is 132 g/mol. The van der Waals surface area contributed by atoms with E-state index in [9.17, 15) is 8.76 Å². The van der Waals surface area contributed by atoms with Crippen LogP contribution in [-0.2, 0) is 11.1 Å². The molecule has 0 aromatic rings. The molecule has 0 fully saturated rings. The predicted octanol–water partition coefficient (Wildman–Crippen LogP) is 0.0798. The maximum absolute atomic E-state index is 9.96. The van der Waals surface area contributed by atoms with E-state index >= 15 is 0 Å². The van der Waals surface area contributed by atoms with Crippen LogP contribution in [0.15, 0.2) is 17.6 Å². The van der Waals surface area contributed by atoms with Gasteiger partial charge in [-0.2, -0.15) is 0 Å². The van der Waals surface area contributed by atoms with Crippen molar-refractivity contribution in [2.75, 3.05) is 7.05 Å². The molecule has 0 aromatic carbocycles. The van der Waals surface area contributed by atoms with E-state index in [2.05, 4.69) is 11.6 Å². The Balaban J connectivity index is 4.13. The lowest BCUT2D eigenvalue weighted by Crippen LogP contribution is -2.00. The zero-order valence-corrected chi connectivity index (χ0v) is 5.27. The van der Waals surface area contributed by atoms with E-state index in [0.717, 1.165) is 0 Å². The summed E-state index contributed by atoms with van der Waals surface area (Å²) in [6.07, 6.45) is 1.18. The first-order valence-electron chi connectivity index (χ1n) is 1.91. The van der Waals surface area contributed by atoms with Crippen molar-refractivity contribution in [3.8, 4) is 0 Å². The SMILES string of the molecule is C=CC(=NC)S(=O)[O-]. The summed E-state index contributed by atoms with van der Waals surface area (Å²) in [5, 5.41) is -0.00926. The van der Waals surface area contributed by atoms with Gasteiger partial charge in [-0.05, 0) is 17.2 Å². The maximum atomic E-state index is 9.96. The summed E-state index contributed by atoms with van der Waals surface area (Å²) in [6, 6.07) is 0. The largest absolute Gasteiger partial charge is 0.767 e. The first kappa shape index (κ1) is 7.52. The summed E-state index contributed by atoms with van der Waals surface area (Å²) < 4.78 is 19.9.